The van der Waals surface area contributed by atoms with E-state index in [0.29, 0.717) is 16.9 Å². The quantitative estimate of drug-likeness (QED) is 0.512. The van der Waals surface area contributed by atoms with Gasteiger partial charge in [0.1, 0.15) is 6.54 Å². The van der Waals surface area contributed by atoms with Crippen LogP contribution in [0.5, 0.6) is 0 Å². The van der Waals surface area contributed by atoms with E-state index < -0.39 is 35.8 Å². The number of hydrogen-bond acceptors (Lipinski definition) is 8. The fourth-order valence-electron chi connectivity index (χ4n) is 3.74. The van der Waals surface area contributed by atoms with Crippen LogP contribution in [0.1, 0.15) is 29.8 Å². The molecule has 2 aliphatic rings. The van der Waals surface area contributed by atoms with Gasteiger partial charge in [-0.05, 0) is 55.3 Å². The summed E-state index contributed by atoms with van der Waals surface area (Å²) in [5.74, 6) is -1.82. The maximum absolute atomic E-state index is 13.0. The molecule has 2 atom stereocenters. The number of ether oxygens (including phenoxy) is 1. The Morgan fingerprint density at radius 1 is 1.00 bits per heavy atom. The molecule has 1 N–H and O–H groups in total. The number of aryl methyl sites for hydroxylation is 1. The number of esters is 1. The van der Waals surface area contributed by atoms with Crippen LogP contribution in [0.15, 0.2) is 58.9 Å². The van der Waals surface area contributed by atoms with Crippen molar-refractivity contribution in [3.05, 3.63) is 59.7 Å². The Kier molecular flexibility index (Phi) is 6.16. The number of nitrogens with zero attached hydrogens (tertiary/aromatic N) is 4. The average Bonchev–Trinajstić information content (AvgIpc) is 3.33. The van der Waals surface area contributed by atoms with Crippen LogP contribution >= 0.6 is 0 Å². The number of benzene rings is 2. The van der Waals surface area contributed by atoms with Crippen LogP contribution < -0.4 is 10.2 Å². The lowest BCUT2D eigenvalue weighted by atomic mass is 10.1. The number of hydrogen-bond donors (Lipinski definition) is 1. The molecule has 0 bridgehead atoms. The average molecular weight is 449 g/mol. The topological polar surface area (TPSA) is 121 Å². The lowest BCUT2D eigenvalue weighted by Gasteiger charge is -2.20. The van der Waals surface area contributed by atoms with Gasteiger partial charge in [-0.25, -0.2) is 9.69 Å². The zero-order chi connectivity index (χ0) is 23.5. The van der Waals surface area contributed by atoms with Crippen molar-refractivity contribution in [1.82, 2.24) is 5.01 Å². The normalized spacial score (nSPS) is 19.1. The van der Waals surface area contributed by atoms with Crippen molar-refractivity contribution in [1.29, 1.82) is 0 Å². The van der Waals surface area contributed by atoms with Crippen LogP contribution in [0.2, 0.25) is 0 Å². The summed E-state index contributed by atoms with van der Waals surface area (Å²) in [4.78, 5) is 51.2. The fourth-order valence-corrected chi connectivity index (χ4v) is 3.74. The molecular weight excluding hydrogens is 426 g/mol. The number of rotatable bonds is 7. The first-order chi connectivity index (χ1) is 15.9. The molecule has 33 heavy (non-hydrogen) atoms. The zero-order valence-corrected chi connectivity index (χ0v) is 18.2. The van der Waals surface area contributed by atoms with Crippen LogP contribution in [0, 0.1) is 0 Å². The standard InChI is InChI=1S/C23H23N5O5/c1-3-14-5-11-17(12-6-14)28-21(30)19-20(22(28)31)27(26-25-19)13-18(29)24-16-9-7-15(8-10-16)23(32)33-4-2/h5-12,19-20H,3-4,13H2,1-2H3,(H,24,29)/t19-,20+/m1/s1. The van der Waals surface area contributed by atoms with Crippen molar-refractivity contribution in [3.8, 4) is 0 Å². The Hall–Kier alpha value is -4.08. The summed E-state index contributed by atoms with van der Waals surface area (Å²) in [5, 5.41) is 11.7. The Balaban J connectivity index is 1.41. The summed E-state index contributed by atoms with van der Waals surface area (Å²) >= 11 is 0. The molecule has 1 fully saturated rings. The largest absolute Gasteiger partial charge is 0.462 e. The zero-order valence-electron chi connectivity index (χ0n) is 18.2. The van der Waals surface area contributed by atoms with E-state index in [1.165, 1.54) is 5.01 Å². The fraction of sp³-hybridized carbons (Fsp3) is 0.304. The first-order valence-electron chi connectivity index (χ1n) is 10.6. The van der Waals surface area contributed by atoms with Gasteiger partial charge in [0, 0.05) is 5.69 Å². The van der Waals surface area contributed by atoms with Gasteiger partial charge < -0.3 is 10.1 Å². The van der Waals surface area contributed by atoms with Crippen molar-refractivity contribution in [2.24, 2.45) is 10.3 Å². The Morgan fingerprint density at radius 3 is 2.33 bits per heavy atom. The maximum atomic E-state index is 13.0. The molecule has 4 rings (SSSR count). The summed E-state index contributed by atoms with van der Waals surface area (Å²) in [6.07, 6.45) is 0.843. The van der Waals surface area contributed by atoms with Gasteiger partial charge in [-0.15, -0.1) is 0 Å². The van der Waals surface area contributed by atoms with E-state index in [9.17, 15) is 19.2 Å². The lowest BCUT2D eigenvalue weighted by Crippen LogP contribution is -2.43. The van der Waals surface area contributed by atoms with Gasteiger partial charge in [-0.3, -0.25) is 19.4 Å². The number of nitrogens with one attached hydrogen (secondary N) is 1. The molecule has 10 heteroatoms. The highest BCUT2D eigenvalue weighted by Crippen LogP contribution is 2.32. The third kappa shape index (κ3) is 4.32. The minimum Gasteiger partial charge on any atom is -0.462 e. The highest BCUT2D eigenvalue weighted by molar-refractivity contribution is 6.25. The summed E-state index contributed by atoms with van der Waals surface area (Å²) in [6.45, 7) is 3.75. The highest BCUT2D eigenvalue weighted by atomic mass is 16.5. The molecule has 170 valence electrons. The van der Waals surface area contributed by atoms with Crippen LogP contribution in [0.3, 0.4) is 0 Å². The van der Waals surface area contributed by atoms with Gasteiger partial charge in [-0.1, -0.05) is 24.3 Å². The van der Waals surface area contributed by atoms with E-state index in [1.54, 1.807) is 43.3 Å². The van der Waals surface area contributed by atoms with E-state index in [2.05, 4.69) is 15.7 Å². The molecule has 0 unspecified atom stereocenters. The van der Waals surface area contributed by atoms with Gasteiger partial charge in [0.2, 0.25) is 5.91 Å². The van der Waals surface area contributed by atoms with Gasteiger partial charge in [0.15, 0.2) is 12.1 Å². The van der Waals surface area contributed by atoms with Crippen molar-refractivity contribution in [2.75, 3.05) is 23.4 Å². The number of anilines is 2. The molecule has 0 aliphatic carbocycles. The number of amides is 3. The van der Waals surface area contributed by atoms with Crippen LogP contribution in [-0.2, 0) is 25.5 Å². The molecule has 3 amide bonds. The maximum Gasteiger partial charge on any atom is 0.338 e. The number of fused-ring (bicyclic) bond motifs is 1. The minimum absolute atomic E-state index is 0.258. The molecule has 2 aromatic rings. The highest BCUT2D eigenvalue weighted by Gasteiger charge is 2.55. The lowest BCUT2D eigenvalue weighted by molar-refractivity contribution is -0.123. The second-order valence-corrected chi connectivity index (χ2v) is 7.57. The summed E-state index contributed by atoms with van der Waals surface area (Å²) in [7, 11) is 0. The second-order valence-electron chi connectivity index (χ2n) is 7.57. The van der Waals surface area contributed by atoms with E-state index >= 15 is 0 Å². The van der Waals surface area contributed by atoms with E-state index in [1.807, 2.05) is 19.1 Å². The molecule has 2 aromatic carbocycles. The molecule has 1 saturated heterocycles. The first kappa shape index (κ1) is 22.1. The molecule has 0 aromatic heterocycles. The number of imide groups is 1. The van der Waals surface area contributed by atoms with Crippen LogP contribution in [0.4, 0.5) is 11.4 Å². The minimum atomic E-state index is -0.972. The Morgan fingerprint density at radius 2 is 1.70 bits per heavy atom. The SMILES string of the molecule is CCOC(=O)c1ccc(NC(=O)CN2N=N[C@H]3C(=O)N(c4ccc(CC)cc4)C(=O)[C@H]32)cc1. The predicted octanol–water partition coefficient (Wildman–Crippen LogP) is 2.36. The summed E-state index contributed by atoms with van der Waals surface area (Å²) < 4.78 is 4.93. The van der Waals surface area contributed by atoms with Crippen molar-refractivity contribution >= 4 is 35.1 Å². The Bertz CT molecular complexity index is 1110. The van der Waals surface area contributed by atoms with Crippen molar-refractivity contribution in [2.45, 2.75) is 32.4 Å². The van der Waals surface area contributed by atoms with Crippen LogP contribution in [-0.4, -0.2) is 53.9 Å². The molecule has 0 spiro atoms. The molecular formula is C23H23N5O5. The molecule has 0 radical (unpaired) electrons. The smallest absolute Gasteiger partial charge is 0.338 e. The first-order valence-corrected chi connectivity index (χ1v) is 10.6. The molecule has 0 saturated carbocycles. The third-order valence-electron chi connectivity index (χ3n) is 5.45. The van der Waals surface area contributed by atoms with Gasteiger partial charge in [0.05, 0.1) is 17.9 Å². The van der Waals surface area contributed by atoms with Gasteiger partial charge in [0.25, 0.3) is 11.8 Å². The predicted molar refractivity (Wildman–Crippen MR) is 118 cm³/mol. The van der Waals surface area contributed by atoms with Crippen molar-refractivity contribution in [3.63, 3.8) is 0 Å². The molecule has 10 nitrogen and oxygen atoms in total. The number of carbonyl (C=O) groups is 4. The second kappa shape index (κ2) is 9.19. The molecule has 2 aliphatic heterocycles. The van der Waals surface area contributed by atoms with Crippen molar-refractivity contribution < 1.29 is 23.9 Å². The number of carbonyl (C=O) groups excluding carboxylic acids is 4. The van der Waals surface area contributed by atoms with E-state index in [-0.39, 0.29) is 13.2 Å². The van der Waals surface area contributed by atoms with Crippen LogP contribution in [0.25, 0.3) is 0 Å². The van der Waals surface area contributed by atoms with Gasteiger partial charge >= 0.3 is 5.97 Å². The van der Waals surface area contributed by atoms with E-state index in [0.717, 1.165) is 16.9 Å². The Labute approximate surface area is 190 Å². The third-order valence-corrected chi connectivity index (χ3v) is 5.45. The van der Waals surface area contributed by atoms with Gasteiger partial charge in [-0.2, -0.15) is 5.11 Å². The summed E-state index contributed by atoms with van der Waals surface area (Å²) in [6, 6.07) is 11.5. The monoisotopic (exact) mass is 449 g/mol. The van der Waals surface area contributed by atoms with E-state index in [4.69, 9.17) is 4.74 Å². The molecule has 2 heterocycles. The summed E-state index contributed by atoms with van der Waals surface area (Å²) in [5.41, 5.74) is 2.39.